The Morgan fingerprint density at radius 1 is 1.28 bits per heavy atom. The number of carboxylic acids is 2. The highest BCUT2D eigenvalue weighted by Gasteiger charge is 2.28. The van der Waals surface area contributed by atoms with E-state index in [2.05, 4.69) is 4.98 Å². The summed E-state index contributed by atoms with van der Waals surface area (Å²) >= 11 is 6.31. The number of carbonyl (C=O) groups excluding carboxylic acids is 1. The van der Waals surface area contributed by atoms with Crippen LogP contribution < -0.4 is 25.8 Å². The topological polar surface area (TPSA) is 178 Å². The van der Waals surface area contributed by atoms with Crippen molar-refractivity contribution in [1.82, 2.24) is 4.98 Å². The Hall–Kier alpha value is -3.41. The normalized spacial score (nSPS) is 14.0. The molecule has 3 rings (SSSR count). The van der Waals surface area contributed by atoms with Crippen LogP contribution in [0.2, 0.25) is 5.02 Å². The van der Waals surface area contributed by atoms with E-state index in [9.17, 15) is 14.4 Å². The minimum absolute atomic E-state index is 0.0470. The van der Waals surface area contributed by atoms with E-state index in [0.717, 1.165) is 18.5 Å². The van der Waals surface area contributed by atoms with Crippen LogP contribution in [0.1, 0.15) is 44.4 Å². The van der Waals surface area contributed by atoms with E-state index >= 15 is 0 Å². The SMILES string of the molecule is C[C@@H](Oc1cc2c(cc1Cl)N(CCC(=O)O)C(=O)CO2)c1ccccn1.NCCCC[C@H](N)C(=O)O. The predicted molar refractivity (Wildman–Crippen MR) is 133 cm³/mol. The lowest BCUT2D eigenvalue weighted by atomic mass is 10.1. The standard InChI is InChI=1S/C18H17ClN2O5.C6H14N2O2/c1-11(13-4-2-3-6-20-13)26-15-9-16-14(8-12(15)19)21(7-5-18(23)24)17(22)10-25-16;7-4-2-1-3-5(8)6(9)10/h2-4,6,8-9,11H,5,7,10H2,1H3,(H,23,24);5H,1-4,7-8H2,(H,9,10)/t11-;5-/m10/s1. The van der Waals surface area contributed by atoms with Crippen LogP contribution in [0.5, 0.6) is 11.5 Å². The van der Waals surface area contributed by atoms with Gasteiger partial charge in [-0.25, -0.2) is 0 Å². The van der Waals surface area contributed by atoms with Gasteiger partial charge in [0.1, 0.15) is 23.6 Å². The zero-order valence-corrected chi connectivity index (χ0v) is 20.7. The highest BCUT2D eigenvalue weighted by atomic mass is 35.5. The lowest BCUT2D eigenvalue weighted by Crippen LogP contribution is -2.40. The quantitative estimate of drug-likeness (QED) is 0.320. The molecule has 2 atom stereocenters. The summed E-state index contributed by atoms with van der Waals surface area (Å²) in [4.78, 5) is 38.6. The molecule has 0 saturated heterocycles. The van der Waals surface area contributed by atoms with Crippen LogP contribution in [-0.4, -0.2) is 58.8 Å². The number of amides is 1. The van der Waals surface area contributed by atoms with E-state index in [4.69, 9.17) is 42.8 Å². The second kappa shape index (κ2) is 14.2. The first kappa shape index (κ1) is 28.8. The Labute approximate surface area is 213 Å². The van der Waals surface area contributed by atoms with Crippen molar-refractivity contribution in [1.29, 1.82) is 0 Å². The number of halogens is 1. The molecule has 2 heterocycles. The third kappa shape index (κ3) is 8.67. The fourth-order valence-corrected chi connectivity index (χ4v) is 3.45. The fraction of sp³-hybridized carbons (Fsp3) is 0.417. The molecule has 1 aromatic heterocycles. The number of pyridine rings is 1. The first-order chi connectivity index (χ1) is 17.1. The zero-order valence-electron chi connectivity index (χ0n) is 19.9. The van der Waals surface area contributed by atoms with Gasteiger partial charge in [-0.1, -0.05) is 24.1 Å². The third-order valence-electron chi connectivity index (χ3n) is 5.20. The first-order valence-electron chi connectivity index (χ1n) is 11.4. The molecule has 196 valence electrons. The van der Waals surface area contributed by atoms with Crippen LogP contribution in [0, 0.1) is 0 Å². The summed E-state index contributed by atoms with van der Waals surface area (Å²) in [6.07, 6.45) is 3.34. The molecule has 1 amide bonds. The Morgan fingerprint density at radius 2 is 2.03 bits per heavy atom. The molecule has 0 fully saturated rings. The zero-order chi connectivity index (χ0) is 26.7. The number of ether oxygens (including phenoxy) is 2. The Balaban J connectivity index is 0.000000388. The Bertz CT molecular complexity index is 1040. The van der Waals surface area contributed by atoms with E-state index in [1.165, 1.54) is 4.90 Å². The van der Waals surface area contributed by atoms with Crippen molar-refractivity contribution < 1.29 is 34.1 Å². The van der Waals surface area contributed by atoms with Gasteiger partial charge in [0.15, 0.2) is 6.61 Å². The molecule has 2 aromatic rings. The van der Waals surface area contributed by atoms with Crippen LogP contribution >= 0.6 is 11.6 Å². The van der Waals surface area contributed by atoms with Gasteiger partial charge < -0.3 is 36.1 Å². The van der Waals surface area contributed by atoms with Crippen LogP contribution in [0.25, 0.3) is 0 Å². The van der Waals surface area contributed by atoms with E-state index in [1.54, 1.807) is 18.3 Å². The van der Waals surface area contributed by atoms with Gasteiger partial charge in [-0.05, 0) is 44.5 Å². The van der Waals surface area contributed by atoms with Crippen molar-refractivity contribution in [3.63, 3.8) is 0 Å². The summed E-state index contributed by atoms with van der Waals surface area (Å²) in [7, 11) is 0. The summed E-state index contributed by atoms with van der Waals surface area (Å²) in [5, 5.41) is 17.5. The molecule has 1 aliphatic heterocycles. The minimum Gasteiger partial charge on any atom is -0.483 e. The number of anilines is 1. The predicted octanol–water partition coefficient (Wildman–Crippen LogP) is 2.60. The van der Waals surface area contributed by atoms with Crippen LogP contribution in [0.15, 0.2) is 36.5 Å². The number of nitrogens with zero attached hydrogens (tertiary/aromatic N) is 2. The highest BCUT2D eigenvalue weighted by Crippen LogP contribution is 2.41. The van der Waals surface area contributed by atoms with Crippen molar-refractivity contribution in [3.05, 3.63) is 47.2 Å². The smallest absolute Gasteiger partial charge is 0.320 e. The van der Waals surface area contributed by atoms with Gasteiger partial charge in [-0.3, -0.25) is 19.4 Å². The summed E-state index contributed by atoms with van der Waals surface area (Å²) in [5.74, 6) is -1.41. The number of hydrogen-bond donors (Lipinski definition) is 4. The number of hydrogen-bond acceptors (Lipinski definition) is 8. The summed E-state index contributed by atoms with van der Waals surface area (Å²) in [6, 6.07) is 7.98. The molecule has 1 aliphatic rings. The van der Waals surface area contributed by atoms with Crippen molar-refractivity contribution in [2.75, 3.05) is 24.6 Å². The molecule has 0 spiro atoms. The number of rotatable bonds is 11. The van der Waals surface area contributed by atoms with Crippen LogP contribution in [-0.2, 0) is 14.4 Å². The highest BCUT2D eigenvalue weighted by molar-refractivity contribution is 6.32. The number of unbranched alkanes of at least 4 members (excludes halogenated alkanes) is 1. The van der Waals surface area contributed by atoms with Gasteiger partial charge in [0, 0.05) is 18.8 Å². The number of carbonyl (C=O) groups is 3. The maximum Gasteiger partial charge on any atom is 0.320 e. The number of carboxylic acid groups (broad SMARTS) is 2. The molecule has 12 heteroatoms. The van der Waals surface area contributed by atoms with Gasteiger partial charge in [0.2, 0.25) is 0 Å². The van der Waals surface area contributed by atoms with E-state index in [1.807, 2.05) is 25.1 Å². The van der Waals surface area contributed by atoms with Gasteiger partial charge in [0.05, 0.1) is 22.8 Å². The maximum absolute atomic E-state index is 12.1. The Morgan fingerprint density at radius 3 is 2.64 bits per heavy atom. The number of fused-ring (bicyclic) bond motifs is 1. The van der Waals surface area contributed by atoms with E-state index < -0.39 is 18.0 Å². The van der Waals surface area contributed by atoms with E-state index in [0.29, 0.717) is 35.2 Å². The number of benzene rings is 1. The lowest BCUT2D eigenvalue weighted by molar-refractivity contribution is -0.139. The fourth-order valence-electron chi connectivity index (χ4n) is 3.24. The molecule has 1 aromatic carbocycles. The van der Waals surface area contributed by atoms with Crippen LogP contribution in [0.3, 0.4) is 0 Å². The number of aliphatic carboxylic acids is 2. The second-order valence-corrected chi connectivity index (χ2v) is 8.38. The molecular weight excluding hydrogens is 492 g/mol. The molecule has 0 bridgehead atoms. The maximum atomic E-state index is 12.1. The van der Waals surface area contributed by atoms with Gasteiger partial charge in [0.25, 0.3) is 5.91 Å². The number of nitrogens with two attached hydrogens (primary N) is 2. The van der Waals surface area contributed by atoms with Crippen molar-refractivity contribution in [2.45, 2.75) is 44.8 Å². The van der Waals surface area contributed by atoms with E-state index in [-0.39, 0.29) is 31.6 Å². The van der Waals surface area contributed by atoms with Crippen molar-refractivity contribution in [3.8, 4) is 11.5 Å². The molecule has 0 aliphatic carbocycles. The summed E-state index contributed by atoms with van der Waals surface area (Å²) < 4.78 is 11.3. The largest absolute Gasteiger partial charge is 0.483 e. The molecule has 11 nitrogen and oxygen atoms in total. The first-order valence-corrected chi connectivity index (χ1v) is 11.8. The molecule has 0 radical (unpaired) electrons. The minimum atomic E-state index is -0.985. The van der Waals surface area contributed by atoms with Crippen LogP contribution in [0.4, 0.5) is 5.69 Å². The molecule has 6 N–H and O–H groups in total. The molecule has 0 unspecified atom stereocenters. The van der Waals surface area contributed by atoms with Crippen molar-refractivity contribution in [2.24, 2.45) is 11.5 Å². The Kier molecular flexibility index (Phi) is 11.4. The summed E-state index contributed by atoms with van der Waals surface area (Å²) in [6.45, 7) is 2.34. The lowest BCUT2D eigenvalue weighted by Gasteiger charge is -2.30. The average Bonchev–Trinajstić information content (AvgIpc) is 2.85. The summed E-state index contributed by atoms with van der Waals surface area (Å²) in [5.41, 5.74) is 11.6. The molecule has 36 heavy (non-hydrogen) atoms. The number of aromatic nitrogens is 1. The average molecular weight is 523 g/mol. The third-order valence-corrected chi connectivity index (χ3v) is 5.50. The van der Waals surface area contributed by atoms with Gasteiger partial charge >= 0.3 is 11.9 Å². The van der Waals surface area contributed by atoms with Gasteiger partial charge in [-0.2, -0.15) is 0 Å². The molecule has 0 saturated carbocycles. The van der Waals surface area contributed by atoms with Crippen molar-refractivity contribution >= 4 is 35.1 Å². The molecular formula is C24H31ClN4O7. The monoisotopic (exact) mass is 522 g/mol. The van der Waals surface area contributed by atoms with Gasteiger partial charge in [-0.15, -0.1) is 0 Å². The second-order valence-electron chi connectivity index (χ2n) is 7.97.